The van der Waals surface area contributed by atoms with Crippen molar-refractivity contribution in [3.63, 3.8) is 0 Å². The van der Waals surface area contributed by atoms with Crippen LogP contribution in [0, 0.1) is 0 Å². The summed E-state index contributed by atoms with van der Waals surface area (Å²) in [4.78, 5) is 14.7. The fourth-order valence-corrected chi connectivity index (χ4v) is 4.15. The molecular formula is C23H20F3N5O. The molecule has 0 saturated carbocycles. The van der Waals surface area contributed by atoms with E-state index in [9.17, 15) is 18.0 Å². The zero-order valence-electron chi connectivity index (χ0n) is 17.0. The molecule has 0 bridgehead atoms. The van der Waals surface area contributed by atoms with E-state index in [2.05, 4.69) is 15.3 Å². The fraction of sp³-hybridized carbons (Fsp3) is 0.261. The maximum atomic E-state index is 13.0. The number of carbonyl (C=O) groups is 1. The molecule has 1 saturated heterocycles. The lowest BCUT2D eigenvalue weighted by atomic mass is 10.0. The van der Waals surface area contributed by atoms with Crippen molar-refractivity contribution in [3.05, 3.63) is 72.2 Å². The number of piperidine rings is 1. The second-order valence-electron chi connectivity index (χ2n) is 7.95. The molecule has 2 aromatic heterocycles. The fourth-order valence-electron chi connectivity index (χ4n) is 4.15. The van der Waals surface area contributed by atoms with E-state index in [4.69, 9.17) is 0 Å². The zero-order valence-corrected chi connectivity index (χ0v) is 17.0. The predicted molar refractivity (Wildman–Crippen MR) is 113 cm³/mol. The number of aromatic amines is 1. The Hall–Kier alpha value is -3.62. The third-order valence-corrected chi connectivity index (χ3v) is 5.81. The van der Waals surface area contributed by atoms with E-state index in [1.165, 1.54) is 10.9 Å². The largest absolute Gasteiger partial charge is 0.435 e. The minimum atomic E-state index is -4.48. The van der Waals surface area contributed by atoms with Crippen molar-refractivity contribution in [3.8, 4) is 11.3 Å². The van der Waals surface area contributed by atoms with Gasteiger partial charge in [0.2, 0.25) is 0 Å². The number of alkyl halides is 3. The highest BCUT2D eigenvalue weighted by Gasteiger charge is 2.35. The first-order valence-electron chi connectivity index (χ1n) is 10.3. The highest BCUT2D eigenvalue weighted by molar-refractivity contribution is 5.94. The topological polar surface area (TPSA) is 66.8 Å². The van der Waals surface area contributed by atoms with Crippen molar-refractivity contribution >= 4 is 16.7 Å². The van der Waals surface area contributed by atoms with Gasteiger partial charge in [0.15, 0.2) is 5.69 Å². The lowest BCUT2D eigenvalue weighted by molar-refractivity contribution is -0.141. The third-order valence-electron chi connectivity index (χ3n) is 5.81. The molecular weight excluding hydrogens is 419 g/mol. The summed E-state index contributed by atoms with van der Waals surface area (Å²) in [6.45, 7) is 0.829. The van der Waals surface area contributed by atoms with Crippen LogP contribution in [0.4, 0.5) is 13.2 Å². The van der Waals surface area contributed by atoms with Gasteiger partial charge in [-0.3, -0.25) is 14.6 Å². The van der Waals surface area contributed by atoms with Gasteiger partial charge in [0.25, 0.3) is 5.91 Å². The van der Waals surface area contributed by atoms with Crippen LogP contribution >= 0.6 is 0 Å². The lowest BCUT2D eigenvalue weighted by Gasteiger charge is -2.32. The number of benzene rings is 2. The molecule has 0 aliphatic carbocycles. The number of likely N-dealkylation sites (tertiary alicyclic amines) is 1. The molecule has 0 spiro atoms. The number of amides is 1. The van der Waals surface area contributed by atoms with Gasteiger partial charge in [0.05, 0.1) is 11.7 Å². The number of aromatic nitrogens is 4. The van der Waals surface area contributed by atoms with Crippen LogP contribution in [-0.2, 0) is 6.18 Å². The smallest absolute Gasteiger partial charge is 0.335 e. The molecule has 32 heavy (non-hydrogen) atoms. The minimum absolute atomic E-state index is 0.225. The molecule has 0 radical (unpaired) electrons. The Balaban J connectivity index is 1.33. The molecule has 1 atom stereocenters. The molecule has 3 heterocycles. The second-order valence-corrected chi connectivity index (χ2v) is 7.95. The van der Waals surface area contributed by atoms with Crippen LogP contribution in [0.5, 0.6) is 0 Å². The molecule has 4 aromatic rings. The summed E-state index contributed by atoms with van der Waals surface area (Å²) in [7, 11) is 0. The van der Waals surface area contributed by atoms with Crippen LogP contribution in [0.15, 0.2) is 60.8 Å². The molecule has 6 nitrogen and oxygen atoms in total. The lowest BCUT2D eigenvalue weighted by Crippen LogP contribution is -2.41. The van der Waals surface area contributed by atoms with Crippen LogP contribution in [-0.4, -0.2) is 43.9 Å². The quantitative estimate of drug-likeness (QED) is 0.493. The van der Waals surface area contributed by atoms with E-state index in [1.807, 2.05) is 42.5 Å². The number of halogens is 3. The maximum absolute atomic E-state index is 13.0. The standard InChI is InChI=1S/C23H20F3N5O/c24-23(25,26)21-9-11-31(29-21)18-6-3-10-30(14-18)22(32)20-13-19(27-28-20)17-8-7-15-4-1-2-5-16(15)12-17/h1-2,4-5,7-9,11-13,18H,3,6,10,14H2,(H,27,28). The van der Waals surface area contributed by atoms with Crippen molar-refractivity contribution < 1.29 is 18.0 Å². The van der Waals surface area contributed by atoms with E-state index in [0.717, 1.165) is 22.4 Å². The summed E-state index contributed by atoms with van der Waals surface area (Å²) in [5.41, 5.74) is 0.987. The highest BCUT2D eigenvalue weighted by Crippen LogP contribution is 2.30. The van der Waals surface area contributed by atoms with Crippen LogP contribution in [0.3, 0.4) is 0 Å². The molecule has 164 valence electrons. The zero-order chi connectivity index (χ0) is 22.3. The number of H-pyrrole nitrogens is 1. The minimum Gasteiger partial charge on any atom is -0.335 e. The van der Waals surface area contributed by atoms with E-state index < -0.39 is 11.9 Å². The maximum Gasteiger partial charge on any atom is 0.435 e. The summed E-state index contributed by atoms with van der Waals surface area (Å²) in [6.07, 6.45) is -1.81. The Bertz CT molecular complexity index is 1280. The molecule has 1 aliphatic rings. The summed E-state index contributed by atoms with van der Waals surface area (Å²) >= 11 is 0. The Labute approximate surface area is 181 Å². The van der Waals surface area contributed by atoms with Gasteiger partial charge < -0.3 is 4.90 Å². The van der Waals surface area contributed by atoms with Crippen LogP contribution in [0.2, 0.25) is 0 Å². The third kappa shape index (κ3) is 3.86. The molecule has 1 amide bonds. The van der Waals surface area contributed by atoms with Crippen LogP contribution < -0.4 is 0 Å². The van der Waals surface area contributed by atoms with Gasteiger partial charge in [-0.2, -0.15) is 23.4 Å². The predicted octanol–water partition coefficient (Wildman–Crippen LogP) is 4.92. The van der Waals surface area contributed by atoms with E-state index in [-0.39, 0.29) is 11.9 Å². The van der Waals surface area contributed by atoms with Crippen molar-refractivity contribution in [2.45, 2.75) is 25.1 Å². The van der Waals surface area contributed by atoms with Gasteiger partial charge in [-0.25, -0.2) is 0 Å². The number of hydrogen-bond donors (Lipinski definition) is 1. The molecule has 5 rings (SSSR count). The summed E-state index contributed by atoms with van der Waals surface area (Å²) < 4.78 is 39.9. The summed E-state index contributed by atoms with van der Waals surface area (Å²) in [6, 6.07) is 16.4. The Kier molecular flexibility index (Phi) is 4.96. The number of fused-ring (bicyclic) bond motifs is 1. The number of nitrogens with zero attached hydrogens (tertiary/aromatic N) is 4. The average molecular weight is 439 g/mol. The number of rotatable bonds is 3. The average Bonchev–Trinajstić information content (AvgIpc) is 3.49. The number of nitrogens with one attached hydrogen (secondary N) is 1. The van der Waals surface area contributed by atoms with Crippen molar-refractivity contribution in [2.75, 3.05) is 13.1 Å². The second kappa shape index (κ2) is 7.81. The summed E-state index contributed by atoms with van der Waals surface area (Å²) in [5.74, 6) is -0.225. The monoisotopic (exact) mass is 439 g/mol. The first kappa shape index (κ1) is 20.3. The van der Waals surface area contributed by atoms with Gasteiger partial charge >= 0.3 is 6.18 Å². The molecule has 1 fully saturated rings. The number of hydrogen-bond acceptors (Lipinski definition) is 3. The molecule has 2 aromatic carbocycles. The Morgan fingerprint density at radius 1 is 1.06 bits per heavy atom. The number of carbonyl (C=O) groups excluding carboxylic acids is 1. The van der Waals surface area contributed by atoms with E-state index in [0.29, 0.717) is 37.3 Å². The first-order valence-corrected chi connectivity index (χ1v) is 10.3. The van der Waals surface area contributed by atoms with Crippen molar-refractivity contribution in [1.29, 1.82) is 0 Å². The van der Waals surface area contributed by atoms with Gasteiger partial charge in [0, 0.05) is 24.8 Å². The van der Waals surface area contributed by atoms with Crippen molar-refractivity contribution in [1.82, 2.24) is 24.9 Å². The Morgan fingerprint density at radius 3 is 2.66 bits per heavy atom. The van der Waals surface area contributed by atoms with E-state index >= 15 is 0 Å². The van der Waals surface area contributed by atoms with Crippen LogP contribution in [0.25, 0.3) is 22.0 Å². The van der Waals surface area contributed by atoms with E-state index in [1.54, 1.807) is 11.0 Å². The summed E-state index contributed by atoms with van der Waals surface area (Å²) in [5, 5.41) is 13.0. The molecule has 9 heteroatoms. The first-order chi connectivity index (χ1) is 15.4. The molecule has 1 aliphatic heterocycles. The molecule has 1 unspecified atom stereocenters. The van der Waals surface area contributed by atoms with Gasteiger partial charge in [-0.15, -0.1) is 0 Å². The normalized spacial score (nSPS) is 17.1. The van der Waals surface area contributed by atoms with Crippen LogP contribution in [0.1, 0.15) is 35.1 Å². The SMILES string of the molecule is O=C(c1cc(-c2ccc3ccccc3c2)n[nH]1)N1CCCC(n2ccc(C(F)(F)F)n2)C1. The molecule has 1 N–H and O–H groups in total. The highest BCUT2D eigenvalue weighted by atomic mass is 19.4. The van der Waals surface area contributed by atoms with Gasteiger partial charge in [-0.1, -0.05) is 36.4 Å². The van der Waals surface area contributed by atoms with Crippen molar-refractivity contribution in [2.24, 2.45) is 0 Å². The van der Waals surface area contributed by atoms with Gasteiger partial charge in [0.1, 0.15) is 5.69 Å². The Morgan fingerprint density at radius 2 is 1.88 bits per heavy atom. The van der Waals surface area contributed by atoms with Gasteiger partial charge in [-0.05, 0) is 41.8 Å².